The molecule has 0 radical (unpaired) electrons. The minimum atomic E-state index is 0.297. The number of methoxy groups -OCH3 is 1. The minimum absolute atomic E-state index is 0.297. The number of rotatable bonds is 3. The van der Waals surface area contributed by atoms with Crippen LogP contribution < -0.4 is 9.47 Å². The van der Waals surface area contributed by atoms with Crippen molar-refractivity contribution in [1.29, 1.82) is 0 Å². The van der Waals surface area contributed by atoms with Crippen LogP contribution in [-0.4, -0.2) is 62.8 Å². The molecule has 0 saturated carbocycles. The van der Waals surface area contributed by atoms with Crippen molar-refractivity contribution in [1.82, 2.24) is 9.80 Å². The summed E-state index contributed by atoms with van der Waals surface area (Å²) in [6.07, 6.45) is 1.30. The summed E-state index contributed by atoms with van der Waals surface area (Å²) in [7, 11) is 3.89. The van der Waals surface area contributed by atoms with Crippen LogP contribution in [0.15, 0.2) is 18.2 Å². The first-order valence-electron chi connectivity index (χ1n) is 6.99. The Morgan fingerprint density at radius 2 is 2.05 bits per heavy atom. The highest BCUT2D eigenvalue weighted by Crippen LogP contribution is 2.32. The molecule has 2 heterocycles. The summed E-state index contributed by atoms with van der Waals surface area (Å²) in [5, 5.41) is 0. The predicted molar refractivity (Wildman–Crippen MR) is 75.1 cm³/mol. The number of piperazine rings is 1. The molecular weight excluding hydrogens is 240 g/mol. The van der Waals surface area contributed by atoms with Crippen LogP contribution in [-0.2, 0) is 6.42 Å². The molecule has 0 bridgehead atoms. The van der Waals surface area contributed by atoms with Crippen LogP contribution in [0.1, 0.15) is 5.56 Å². The van der Waals surface area contributed by atoms with Gasteiger partial charge in [0.15, 0.2) is 0 Å². The van der Waals surface area contributed by atoms with Gasteiger partial charge in [-0.25, -0.2) is 0 Å². The molecular formula is C15H22N2O2. The van der Waals surface area contributed by atoms with Gasteiger partial charge in [0.2, 0.25) is 0 Å². The third kappa shape index (κ3) is 2.85. The van der Waals surface area contributed by atoms with Gasteiger partial charge in [0, 0.05) is 44.7 Å². The summed E-state index contributed by atoms with van der Waals surface area (Å²) in [4.78, 5) is 4.89. The Hall–Kier alpha value is -1.26. The molecule has 1 saturated heterocycles. The SMILES string of the molecule is COc1ccc2c(c1)CC(CN1CCN(C)CC1)O2. The van der Waals surface area contributed by atoms with Crippen molar-refractivity contribution in [3.8, 4) is 11.5 Å². The summed E-state index contributed by atoms with van der Waals surface area (Å²) < 4.78 is 11.3. The van der Waals surface area contributed by atoms with Crippen molar-refractivity contribution in [2.45, 2.75) is 12.5 Å². The van der Waals surface area contributed by atoms with E-state index in [1.165, 1.54) is 5.56 Å². The molecule has 19 heavy (non-hydrogen) atoms. The molecule has 0 aliphatic carbocycles. The topological polar surface area (TPSA) is 24.9 Å². The predicted octanol–water partition coefficient (Wildman–Crippen LogP) is 1.25. The van der Waals surface area contributed by atoms with E-state index in [4.69, 9.17) is 9.47 Å². The van der Waals surface area contributed by atoms with Crippen molar-refractivity contribution in [3.63, 3.8) is 0 Å². The van der Waals surface area contributed by atoms with Crippen LogP contribution in [0.5, 0.6) is 11.5 Å². The Kier molecular flexibility index (Phi) is 3.62. The molecule has 0 aromatic heterocycles. The lowest BCUT2D eigenvalue weighted by Gasteiger charge is -2.33. The van der Waals surface area contributed by atoms with Crippen LogP contribution in [0.4, 0.5) is 0 Å². The highest BCUT2D eigenvalue weighted by molar-refractivity contribution is 5.43. The van der Waals surface area contributed by atoms with Gasteiger partial charge in [-0.15, -0.1) is 0 Å². The molecule has 0 N–H and O–H groups in total. The fourth-order valence-corrected chi connectivity index (χ4v) is 2.84. The smallest absolute Gasteiger partial charge is 0.123 e. The summed E-state index contributed by atoms with van der Waals surface area (Å²) in [5.41, 5.74) is 1.28. The molecule has 4 heteroatoms. The van der Waals surface area contributed by atoms with Gasteiger partial charge < -0.3 is 14.4 Å². The highest BCUT2D eigenvalue weighted by Gasteiger charge is 2.26. The van der Waals surface area contributed by atoms with Gasteiger partial charge in [-0.1, -0.05) is 0 Å². The molecule has 3 rings (SSSR count). The lowest BCUT2D eigenvalue weighted by Crippen LogP contribution is -2.47. The molecule has 2 aliphatic heterocycles. The van der Waals surface area contributed by atoms with Gasteiger partial charge in [0.05, 0.1) is 7.11 Å². The zero-order chi connectivity index (χ0) is 13.2. The minimum Gasteiger partial charge on any atom is -0.497 e. The second-order valence-corrected chi connectivity index (χ2v) is 5.52. The molecule has 1 aromatic carbocycles. The van der Waals surface area contributed by atoms with Crippen molar-refractivity contribution < 1.29 is 9.47 Å². The van der Waals surface area contributed by atoms with Gasteiger partial charge in [0.25, 0.3) is 0 Å². The second kappa shape index (κ2) is 5.39. The quantitative estimate of drug-likeness (QED) is 0.818. The largest absolute Gasteiger partial charge is 0.497 e. The molecule has 1 fully saturated rings. The fourth-order valence-electron chi connectivity index (χ4n) is 2.84. The number of benzene rings is 1. The molecule has 0 spiro atoms. The molecule has 1 unspecified atom stereocenters. The summed E-state index contributed by atoms with van der Waals surface area (Å²) in [6, 6.07) is 6.09. The Balaban J connectivity index is 1.58. The Labute approximate surface area is 114 Å². The number of fused-ring (bicyclic) bond motifs is 1. The lowest BCUT2D eigenvalue weighted by molar-refractivity contribution is 0.104. The number of nitrogens with zero attached hydrogens (tertiary/aromatic N) is 2. The molecule has 2 aliphatic rings. The van der Waals surface area contributed by atoms with Gasteiger partial charge in [-0.2, -0.15) is 0 Å². The van der Waals surface area contributed by atoms with Crippen molar-refractivity contribution in [3.05, 3.63) is 23.8 Å². The zero-order valence-corrected chi connectivity index (χ0v) is 11.8. The van der Waals surface area contributed by atoms with Crippen LogP contribution >= 0.6 is 0 Å². The monoisotopic (exact) mass is 262 g/mol. The summed E-state index contributed by atoms with van der Waals surface area (Å²) in [5.74, 6) is 1.95. The molecule has 1 atom stereocenters. The number of hydrogen-bond donors (Lipinski definition) is 0. The summed E-state index contributed by atoms with van der Waals surface area (Å²) in [6.45, 7) is 5.65. The average Bonchev–Trinajstić information content (AvgIpc) is 2.82. The first kappa shape index (κ1) is 12.8. The first-order valence-corrected chi connectivity index (χ1v) is 6.99. The van der Waals surface area contributed by atoms with E-state index < -0.39 is 0 Å². The molecule has 104 valence electrons. The standard InChI is InChI=1S/C15H22N2O2/c1-16-5-7-17(8-6-16)11-14-10-12-9-13(18-2)3-4-15(12)19-14/h3-4,9,14H,5-8,10-11H2,1-2H3. The van der Waals surface area contributed by atoms with Crippen LogP contribution in [0.3, 0.4) is 0 Å². The maximum atomic E-state index is 6.03. The van der Waals surface area contributed by atoms with E-state index in [1.54, 1.807) is 7.11 Å². The van der Waals surface area contributed by atoms with Gasteiger partial charge in [-0.05, 0) is 25.2 Å². The van der Waals surface area contributed by atoms with E-state index in [0.717, 1.165) is 50.6 Å². The Bertz CT molecular complexity index is 442. The number of hydrogen-bond acceptors (Lipinski definition) is 4. The van der Waals surface area contributed by atoms with Crippen LogP contribution in [0.2, 0.25) is 0 Å². The Morgan fingerprint density at radius 1 is 1.26 bits per heavy atom. The zero-order valence-electron chi connectivity index (χ0n) is 11.8. The third-order valence-electron chi connectivity index (χ3n) is 4.07. The van der Waals surface area contributed by atoms with E-state index in [2.05, 4.69) is 22.9 Å². The van der Waals surface area contributed by atoms with E-state index in [9.17, 15) is 0 Å². The van der Waals surface area contributed by atoms with Gasteiger partial charge in [-0.3, -0.25) is 4.90 Å². The van der Waals surface area contributed by atoms with E-state index in [0.29, 0.717) is 6.10 Å². The Morgan fingerprint density at radius 3 is 2.79 bits per heavy atom. The normalized spacial score (nSPS) is 24.0. The maximum Gasteiger partial charge on any atom is 0.123 e. The van der Waals surface area contributed by atoms with Crippen molar-refractivity contribution >= 4 is 0 Å². The average molecular weight is 262 g/mol. The molecule has 4 nitrogen and oxygen atoms in total. The number of ether oxygens (including phenoxy) is 2. The summed E-state index contributed by atoms with van der Waals surface area (Å²) >= 11 is 0. The second-order valence-electron chi connectivity index (χ2n) is 5.52. The van der Waals surface area contributed by atoms with Crippen molar-refractivity contribution in [2.75, 3.05) is 46.9 Å². The van der Waals surface area contributed by atoms with Crippen molar-refractivity contribution in [2.24, 2.45) is 0 Å². The molecule has 1 aromatic rings. The lowest BCUT2D eigenvalue weighted by atomic mass is 10.1. The van der Waals surface area contributed by atoms with Gasteiger partial charge in [0.1, 0.15) is 17.6 Å². The van der Waals surface area contributed by atoms with Gasteiger partial charge >= 0.3 is 0 Å². The molecule has 0 amide bonds. The maximum absolute atomic E-state index is 6.03. The van der Waals surface area contributed by atoms with Crippen LogP contribution in [0.25, 0.3) is 0 Å². The van der Waals surface area contributed by atoms with E-state index >= 15 is 0 Å². The third-order valence-corrected chi connectivity index (χ3v) is 4.07. The van der Waals surface area contributed by atoms with Crippen LogP contribution in [0, 0.1) is 0 Å². The number of likely N-dealkylation sites (N-methyl/N-ethyl adjacent to an activating group) is 1. The first-order chi connectivity index (χ1) is 9.24. The fraction of sp³-hybridized carbons (Fsp3) is 0.600. The highest BCUT2D eigenvalue weighted by atomic mass is 16.5. The van der Waals surface area contributed by atoms with E-state index in [-0.39, 0.29) is 0 Å². The van der Waals surface area contributed by atoms with E-state index in [1.807, 2.05) is 12.1 Å².